The summed E-state index contributed by atoms with van der Waals surface area (Å²) in [6, 6.07) is 8.47. The van der Waals surface area contributed by atoms with Crippen LogP contribution in [0.3, 0.4) is 0 Å². The van der Waals surface area contributed by atoms with Crippen LogP contribution in [-0.4, -0.2) is 6.54 Å². The Bertz CT molecular complexity index is 230. The van der Waals surface area contributed by atoms with Gasteiger partial charge in [0, 0.05) is 6.54 Å². The molecule has 1 heteroatoms. The second-order valence-corrected chi connectivity index (χ2v) is 2.77. The summed E-state index contributed by atoms with van der Waals surface area (Å²) in [5.74, 6) is 0. The van der Waals surface area contributed by atoms with Gasteiger partial charge in [-0.25, -0.2) is 0 Å². The molecular weight excluding hydrogens is 146 g/mol. The summed E-state index contributed by atoms with van der Waals surface area (Å²) in [7, 11) is 0. The van der Waals surface area contributed by atoms with Crippen molar-refractivity contribution in [2.75, 3.05) is 6.54 Å². The van der Waals surface area contributed by atoms with E-state index in [9.17, 15) is 0 Å². The fourth-order valence-corrected chi connectivity index (χ4v) is 1.24. The zero-order valence-electron chi connectivity index (χ0n) is 7.80. The minimum absolute atomic E-state index is 0.969. The molecule has 1 N–H and O–H groups in total. The van der Waals surface area contributed by atoms with Gasteiger partial charge in [0.05, 0.1) is 0 Å². The maximum absolute atomic E-state index is 3.32. The Morgan fingerprint density at radius 1 is 1.33 bits per heavy atom. The van der Waals surface area contributed by atoms with Crippen LogP contribution in [0.1, 0.15) is 25.0 Å². The zero-order chi connectivity index (χ0) is 8.81. The first-order chi connectivity index (χ1) is 5.88. The molecule has 1 nitrogen and oxygen atoms in total. The van der Waals surface area contributed by atoms with Crippen molar-refractivity contribution >= 4 is 0 Å². The van der Waals surface area contributed by atoms with Gasteiger partial charge < -0.3 is 5.32 Å². The van der Waals surface area contributed by atoms with Crippen molar-refractivity contribution < 1.29 is 0 Å². The third-order valence-corrected chi connectivity index (χ3v) is 1.93. The molecule has 1 rings (SSSR count). The van der Waals surface area contributed by atoms with Crippen LogP contribution in [0.15, 0.2) is 24.3 Å². The first kappa shape index (κ1) is 9.27. The van der Waals surface area contributed by atoms with Crippen LogP contribution in [-0.2, 0) is 6.54 Å². The van der Waals surface area contributed by atoms with Crippen LogP contribution < -0.4 is 5.32 Å². The molecule has 0 aliphatic carbocycles. The van der Waals surface area contributed by atoms with Crippen molar-refractivity contribution in [1.29, 1.82) is 0 Å². The van der Waals surface area contributed by atoms with E-state index in [4.69, 9.17) is 0 Å². The van der Waals surface area contributed by atoms with Crippen LogP contribution in [0.25, 0.3) is 0 Å². The van der Waals surface area contributed by atoms with Gasteiger partial charge >= 0.3 is 0 Å². The molecule has 0 bridgehead atoms. The standard InChI is InChI=1S/C11H16N/c1-3-10-7-5-6-8-11(10)9-12-4-2/h3,5-8,12H,4,9H2,1-2H3. The maximum Gasteiger partial charge on any atom is 0.0208 e. The predicted octanol–water partition coefficient (Wildman–Crippen LogP) is 2.37. The van der Waals surface area contributed by atoms with Crippen molar-refractivity contribution in [2.24, 2.45) is 0 Å². The summed E-state index contributed by atoms with van der Waals surface area (Å²) < 4.78 is 0. The molecule has 0 amide bonds. The third-order valence-electron chi connectivity index (χ3n) is 1.93. The van der Waals surface area contributed by atoms with Crippen LogP contribution in [0.5, 0.6) is 0 Å². The minimum atomic E-state index is 0.969. The van der Waals surface area contributed by atoms with Gasteiger partial charge in [0.2, 0.25) is 0 Å². The lowest BCUT2D eigenvalue weighted by atomic mass is 10.1. The highest BCUT2D eigenvalue weighted by Gasteiger charge is 1.97. The summed E-state index contributed by atoms with van der Waals surface area (Å²) in [6.07, 6.45) is 2.15. The molecule has 0 spiro atoms. The largest absolute Gasteiger partial charge is 0.313 e. The molecule has 65 valence electrons. The van der Waals surface area contributed by atoms with E-state index in [0.717, 1.165) is 13.1 Å². The van der Waals surface area contributed by atoms with E-state index in [2.05, 4.69) is 49.9 Å². The fraction of sp³-hybridized carbons (Fsp3) is 0.364. The predicted molar refractivity (Wildman–Crippen MR) is 52.9 cm³/mol. The highest BCUT2D eigenvalue weighted by atomic mass is 14.8. The summed E-state index contributed by atoms with van der Waals surface area (Å²) in [6.45, 7) is 6.19. The molecule has 1 aromatic rings. The summed E-state index contributed by atoms with van der Waals surface area (Å²) >= 11 is 0. The van der Waals surface area contributed by atoms with E-state index in [1.165, 1.54) is 11.1 Å². The molecule has 0 fully saturated rings. The lowest BCUT2D eigenvalue weighted by Crippen LogP contribution is -2.12. The molecule has 1 aromatic carbocycles. The van der Waals surface area contributed by atoms with Gasteiger partial charge in [0.15, 0.2) is 0 Å². The molecule has 12 heavy (non-hydrogen) atoms. The van der Waals surface area contributed by atoms with Gasteiger partial charge in [0.25, 0.3) is 0 Å². The van der Waals surface area contributed by atoms with E-state index >= 15 is 0 Å². The van der Waals surface area contributed by atoms with Gasteiger partial charge in [0.1, 0.15) is 0 Å². The van der Waals surface area contributed by atoms with Crippen LogP contribution in [0.4, 0.5) is 0 Å². The van der Waals surface area contributed by atoms with Gasteiger partial charge in [-0.3, -0.25) is 0 Å². The monoisotopic (exact) mass is 162 g/mol. The summed E-state index contributed by atoms with van der Waals surface area (Å²) in [4.78, 5) is 0. The van der Waals surface area contributed by atoms with Crippen molar-refractivity contribution in [2.45, 2.75) is 20.4 Å². The van der Waals surface area contributed by atoms with Gasteiger partial charge in [-0.05, 0) is 24.1 Å². The molecule has 1 radical (unpaired) electrons. The molecule has 0 aliphatic heterocycles. The van der Waals surface area contributed by atoms with E-state index in [0.29, 0.717) is 0 Å². The summed E-state index contributed by atoms with van der Waals surface area (Å²) in [5, 5.41) is 3.32. The second kappa shape index (κ2) is 4.94. The average molecular weight is 162 g/mol. The lowest BCUT2D eigenvalue weighted by Gasteiger charge is -2.06. The Morgan fingerprint density at radius 3 is 2.75 bits per heavy atom. The third kappa shape index (κ3) is 2.35. The van der Waals surface area contributed by atoms with Crippen molar-refractivity contribution in [3.05, 3.63) is 41.8 Å². The molecule has 0 saturated carbocycles. The molecule has 0 unspecified atom stereocenters. The minimum Gasteiger partial charge on any atom is -0.313 e. The normalized spacial score (nSPS) is 10.2. The SMILES string of the molecule is C[CH]c1ccccc1CNCC. The van der Waals surface area contributed by atoms with E-state index < -0.39 is 0 Å². The Hall–Kier alpha value is -0.820. The second-order valence-electron chi connectivity index (χ2n) is 2.77. The zero-order valence-corrected chi connectivity index (χ0v) is 7.80. The average Bonchev–Trinajstić information content (AvgIpc) is 2.15. The smallest absolute Gasteiger partial charge is 0.0208 e. The van der Waals surface area contributed by atoms with E-state index in [1.54, 1.807) is 0 Å². The molecule has 0 aliphatic rings. The fourth-order valence-electron chi connectivity index (χ4n) is 1.24. The van der Waals surface area contributed by atoms with Gasteiger partial charge in [-0.1, -0.05) is 38.1 Å². The Balaban J connectivity index is 2.68. The maximum atomic E-state index is 3.32. The van der Waals surface area contributed by atoms with E-state index in [1.807, 2.05) is 0 Å². The molecule has 0 saturated heterocycles. The quantitative estimate of drug-likeness (QED) is 0.716. The molecule has 0 aromatic heterocycles. The molecular formula is C11H16N. The van der Waals surface area contributed by atoms with Crippen LogP contribution in [0.2, 0.25) is 0 Å². The Labute approximate surface area is 74.8 Å². The Morgan fingerprint density at radius 2 is 2.08 bits per heavy atom. The van der Waals surface area contributed by atoms with Gasteiger partial charge in [-0.2, -0.15) is 0 Å². The van der Waals surface area contributed by atoms with Crippen molar-refractivity contribution in [1.82, 2.24) is 5.32 Å². The molecule has 0 heterocycles. The highest BCUT2D eigenvalue weighted by Crippen LogP contribution is 2.09. The first-order valence-corrected chi connectivity index (χ1v) is 4.46. The number of rotatable bonds is 4. The lowest BCUT2D eigenvalue weighted by molar-refractivity contribution is 0.724. The Kier molecular flexibility index (Phi) is 3.81. The number of hydrogen-bond donors (Lipinski definition) is 1. The van der Waals surface area contributed by atoms with Crippen LogP contribution in [0, 0.1) is 6.42 Å². The van der Waals surface area contributed by atoms with Crippen LogP contribution >= 0.6 is 0 Å². The van der Waals surface area contributed by atoms with Crippen molar-refractivity contribution in [3.63, 3.8) is 0 Å². The summed E-state index contributed by atoms with van der Waals surface area (Å²) in [5.41, 5.74) is 2.71. The first-order valence-electron chi connectivity index (χ1n) is 4.46. The van der Waals surface area contributed by atoms with Crippen molar-refractivity contribution in [3.8, 4) is 0 Å². The number of hydrogen-bond acceptors (Lipinski definition) is 1. The molecule has 0 atom stereocenters. The van der Waals surface area contributed by atoms with E-state index in [-0.39, 0.29) is 0 Å². The highest BCUT2D eigenvalue weighted by molar-refractivity contribution is 5.32. The van der Waals surface area contributed by atoms with Gasteiger partial charge in [-0.15, -0.1) is 0 Å². The number of nitrogens with one attached hydrogen (secondary N) is 1. The number of benzene rings is 1. The topological polar surface area (TPSA) is 12.0 Å².